The van der Waals surface area contributed by atoms with Gasteiger partial charge in [-0.1, -0.05) is 11.6 Å². The highest BCUT2D eigenvalue weighted by Crippen LogP contribution is 2.33. The van der Waals surface area contributed by atoms with E-state index in [-0.39, 0.29) is 13.0 Å². The molecule has 110 valence electrons. The minimum absolute atomic E-state index is 0.0804. The standard InChI is InChI=1S/C13H14ClF3N2S/c14-10-3-5-11(6-4-10)18-12(20)19-7-1-2-9(8-19)13(15,16)17/h3-6,9H,1-2,7-8H2,(H,18,20). The quantitative estimate of drug-likeness (QED) is 0.776. The van der Waals surface area contributed by atoms with Crippen LogP contribution in [0, 0.1) is 5.92 Å². The summed E-state index contributed by atoms with van der Waals surface area (Å²) < 4.78 is 38.2. The molecule has 1 atom stereocenters. The number of likely N-dealkylation sites (tertiary alicyclic amines) is 1. The minimum Gasteiger partial charge on any atom is -0.348 e. The molecule has 1 aliphatic heterocycles. The minimum atomic E-state index is -4.16. The monoisotopic (exact) mass is 322 g/mol. The molecule has 0 aliphatic carbocycles. The zero-order chi connectivity index (χ0) is 14.8. The highest BCUT2D eigenvalue weighted by Gasteiger charge is 2.42. The van der Waals surface area contributed by atoms with Gasteiger partial charge in [0.05, 0.1) is 5.92 Å². The summed E-state index contributed by atoms with van der Waals surface area (Å²) in [4.78, 5) is 1.57. The number of rotatable bonds is 1. The summed E-state index contributed by atoms with van der Waals surface area (Å²) in [7, 11) is 0. The number of thiocarbonyl (C=S) groups is 1. The van der Waals surface area contributed by atoms with Crippen LogP contribution in [0.1, 0.15) is 12.8 Å². The second-order valence-corrected chi connectivity index (χ2v) is 5.59. The van der Waals surface area contributed by atoms with E-state index in [9.17, 15) is 13.2 Å². The second kappa shape index (κ2) is 6.18. The van der Waals surface area contributed by atoms with Crippen LogP contribution in [0.3, 0.4) is 0 Å². The van der Waals surface area contributed by atoms with Crippen molar-refractivity contribution < 1.29 is 13.2 Å². The van der Waals surface area contributed by atoms with Crippen LogP contribution in [-0.4, -0.2) is 29.3 Å². The first-order valence-corrected chi connectivity index (χ1v) is 7.03. The fourth-order valence-electron chi connectivity index (χ4n) is 2.16. The Morgan fingerprint density at radius 1 is 1.30 bits per heavy atom. The van der Waals surface area contributed by atoms with Crippen LogP contribution in [0.4, 0.5) is 18.9 Å². The van der Waals surface area contributed by atoms with Gasteiger partial charge in [-0.15, -0.1) is 0 Å². The lowest BCUT2D eigenvalue weighted by atomic mass is 9.98. The molecule has 2 nitrogen and oxygen atoms in total. The molecule has 1 unspecified atom stereocenters. The van der Waals surface area contributed by atoms with Gasteiger partial charge >= 0.3 is 6.18 Å². The van der Waals surface area contributed by atoms with Gasteiger partial charge in [0.15, 0.2) is 5.11 Å². The number of nitrogens with zero attached hydrogens (tertiary/aromatic N) is 1. The summed E-state index contributed by atoms with van der Waals surface area (Å²) in [6.07, 6.45) is -3.50. The normalized spacial score (nSPS) is 19.8. The molecule has 2 rings (SSSR count). The third-order valence-corrected chi connectivity index (χ3v) is 3.88. The molecule has 1 heterocycles. The molecular formula is C13H14ClF3N2S. The number of benzene rings is 1. The molecule has 1 N–H and O–H groups in total. The molecular weight excluding hydrogens is 309 g/mol. The first-order valence-electron chi connectivity index (χ1n) is 6.24. The van der Waals surface area contributed by atoms with E-state index >= 15 is 0 Å². The van der Waals surface area contributed by atoms with Crippen LogP contribution in [0.2, 0.25) is 5.02 Å². The SMILES string of the molecule is FC(F)(F)C1CCCN(C(=S)Nc2ccc(Cl)cc2)C1. The van der Waals surface area contributed by atoms with Crippen molar-refractivity contribution in [2.75, 3.05) is 18.4 Å². The third-order valence-electron chi connectivity index (χ3n) is 3.27. The van der Waals surface area contributed by atoms with Gasteiger partial charge in [0.2, 0.25) is 0 Å². The number of hydrogen-bond acceptors (Lipinski definition) is 1. The van der Waals surface area contributed by atoms with Crippen molar-refractivity contribution in [1.29, 1.82) is 0 Å². The van der Waals surface area contributed by atoms with Crippen LogP contribution < -0.4 is 5.32 Å². The van der Waals surface area contributed by atoms with Crippen molar-refractivity contribution in [1.82, 2.24) is 4.90 Å². The van der Waals surface area contributed by atoms with Crippen molar-refractivity contribution in [2.24, 2.45) is 5.92 Å². The Morgan fingerprint density at radius 2 is 1.95 bits per heavy atom. The van der Waals surface area contributed by atoms with E-state index in [1.165, 1.54) is 0 Å². The molecule has 0 radical (unpaired) electrons. The fraction of sp³-hybridized carbons (Fsp3) is 0.462. The molecule has 1 aliphatic rings. The maximum Gasteiger partial charge on any atom is 0.393 e. The largest absolute Gasteiger partial charge is 0.393 e. The van der Waals surface area contributed by atoms with Crippen molar-refractivity contribution in [3.63, 3.8) is 0 Å². The Kier molecular flexibility index (Phi) is 4.75. The van der Waals surface area contributed by atoms with Gasteiger partial charge in [-0.05, 0) is 49.3 Å². The van der Waals surface area contributed by atoms with E-state index in [0.717, 1.165) is 0 Å². The van der Waals surface area contributed by atoms with E-state index in [1.807, 2.05) is 0 Å². The molecule has 0 saturated carbocycles. The second-order valence-electron chi connectivity index (χ2n) is 4.76. The molecule has 0 spiro atoms. The van der Waals surface area contributed by atoms with Gasteiger partial charge in [-0.25, -0.2) is 0 Å². The first-order chi connectivity index (χ1) is 9.36. The molecule has 0 amide bonds. The Morgan fingerprint density at radius 3 is 2.55 bits per heavy atom. The fourth-order valence-corrected chi connectivity index (χ4v) is 2.57. The van der Waals surface area contributed by atoms with Crippen LogP contribution in [0.15, 0.2) is 24.3 Å². The van der Waals surface area contributed by atoms with Crippen molar-refractivity contribution in [3.8, 4) is 0 Å². The van der Waals surface area contributed by atoms with Crippen molar-refractivity contribution >= 4 is 34.6 Å². The average Bonchev–Trinajstić information content (AvgIpc) is 2.40. The van der Waals surface area contributed by atoms with Gasteiger partial charge < -0.3 is 10.2 Å². The molecule has 20 heavy (non-hydrogen) atoms. The van der Waals surface area contributed by atoms with Crippen LogP contribution in [0.25, 0.3) is 0 Å². The van der Waals surface area contributed by atoms with Gasteiger partial charge in [0, 0.05) is 23.8 Å². The molecule has 0 aromatic heterocycles. The average molecular weight is 323 g/mol. The summed E-state index contributed by atoms with van der Waals surface area (Å²) in [5.74, 6) is -1.30. The van der Waals surface area contributed by atoms with Crippen LogP contribution in [-0.2, 0) is 0 Å². The number of anilines is 1. The zero-order valence-corrected chi connectivity index (χ0v) is 12.2. The van der Waals surface area contributed by atoms with Crippen molar-refractivity contribution in [2.45, 2.75) is 19.0 Å². The maximum atomic E-state index is 12.7. The smallest absolute Gasteiger partial charge is 0.348 e. The third kappa shape index (κ3) is 3.99. The van der Waals surface area contributed by atoms with E-state index in [4.69, 9.17) is 23.8 Å². The highest BCUT2D eigenvalue weighted by molar-refractivity contribution is 7.80. The maximum absolute atomic E-state index is 12.7. The first kappa shape index (κ1) is 15.4. The highest BCUT2D eigenvalue weighted by atomic mass is 35.5. The predicted octanol–water partition coefficient (Wildman–Crippen LogP) is 4.31. The predicted molar refractivity (Wildman–Crippen MR) is 78.0 cm³/mol. The lowest BCUT2D eigenvalue weighted by Crippen LogP contribution is -2.46. The molecule has 1 aromatic carbocycles. The Labute approximate surface area is 125 Å². The number of piperidine rings is 1. The van der Waals surface area contributed by atoms with E-state index in [2.05, 4.69) is 5.32 Å². The summed E-state index contributed by atoms with van der Waals surface area (Å²) >= 11 is 10.9. The van der Waals surface area contributed by atoms with E-state index in [0.29, 0.717) is 28.8 Å². The van der Waals surface area contributed by atoms with E-state index < -0.39 is 12.1 Å². The van der Waals surface area contributed by atoms with Gasteiger partial charge in [0.1, 0.15) is 0 Å². The zero-order valence-electron chi connectivity index (χ0n) is 10.6. The Hall–Kier alpha value is -1.01. The number of nitrogens with one attached hydrogen (secondary N) is 1. The lowest BCUT2D eigenvalue weighted by molar-refractivity contribution is -0.183. The lowest BCUT2D eigenvalue weighted by Gasteiger charge is -2.35. The Balaban J connectivity index is 1.97. The number of halogens is 4. The van der Waals surface area contributed by atoms with Crippen LogP contribution >= 0.6 is 23.8 Å². The molecule has 1 fully saturated rings. The topological polar surface area (TPSA) is 15.3 Å². The van der Waals surface area contributed by atoms with Crippen molar-refractivity contribution in [3.05, 3.63) is 29.3 Å². The van der Waals surface area contributed by atoms with Gasteiger partial charge in [-0.2, -0.15) is 13.2 Å². The summed E-state index contributed by atoms with van der Waals surface area (Å²) in [5.41, 5.74) is 0.716. The van der Waals surface area contributed by atoms with Crippen LogP contribution in [0.5, 0.6) is 0 Å². The number of alkyl halides is 3. The van der Waals surface area contributed by atoms with Gasteiger partial charge in [-0.3, -0.25) is 0 Å². The summed E-state index contributed by atoms with van der Waals surface area (Å²) in [6, 6.07) is 6.86. The molecule has 0 bridgehead atoms. The van der Waals surface area contributed by atoms with Gasteiger partial charge in [0.25, 0.3) is 0 Å². The molecule has 1 saturated heterocycles. The summed E-state index contributed by atoms with van der Waals surface area (Å²) in [6.45, 7) is 0.467. The summed E-state index contributed by atoms with van der Waals surface area (Å²) in [5, 5.41) is 3.86. The molecule has 1 aromatic rings. The number of hydrogen-bond donors (Lipinski definition) is 1. The molecule has 7 heteroatoms. The van der Waals surface area contributed by atoms with E-state index in [1.54, 1.807) is 29.2 Å². The Bertz CT molecular complexity index is 475.